The van der Waals surface area contributed by atoms with Crippen molar-refractivity contribution < 1.29 is 18.0 Å². The third-order valence-electron chi connectivity index (χ3n) is 5.36. The zero-order chi connectivity index (χ0) is 23.4. The first-order valence-corrected chi connectivity index (χ1v) is 10.7. The number of nitrogens with one attached hydrogen (secondary N) is 2. The van der Waals surface area contributed by atoms with Gasteiger partial charge in [-0.15, -0.1) is 0 Å². The molecule has 2 N–H and O–H groups in total. The van der Waals surface area contributed by atoms with Crippen LogP contribution < -0.4 is 5.32 Å². The molecule has 33 heavy (non-hydrogen) atoms. The lowest BCUT2D eigenvalue weighted by molar-refractivity contribution is -0.137. The van der Waals surface area contributed by atoms with Crippen LogP contribution in [-0.4, -0.2) is 22.5 Å². The smallest absolute Gasteiger partial charge is 0.361 e. The Morgan fingerprint density at radius 1 is 0.970 bits per heavy atom. The molecule has 0 bridgehead atoms. The number of urea groups is 1. The molecule has 0 aliphatic carbocycles. The van der Waals surface area contributed by atoms with Crippen LogP contribution in [0.3, 0.4) is 0 Å². The number of halogens is 4. The van der Waals surface area contributed by atoms with E-state index in [4.69, 9.17) is 11.6 Å². The van der Waals surface area contributed by atoms with Crippen molar-refractivity contribution in [2.45, 2.75) is 19.1 Å². The first-order chi connectivity index (χ1) is 15.8. The third-order valence-corrected chi connectivity index (χ3v) is 5.62. The van der Waals surface area contributed by atoms with E-state index in [0.717, 1.165) is 28.6 Å². The molecular formula is C25H21ClF3N3O. The molecule has 0 unspecified atom stereocenters. The lowest BCUT2D eigenvalue weighted by Crippen LogP contribution is -2.36. The number of aromatic amines is 1. The third kappa shape index (κ3) is 5.68. The van der Waals surface area contributed by atoms with E-state index >= 15 is 0 Å². The van der Waals surface area contributed by atoms with Gasteiger partial charge in [0.05, 0.1) is 5.56 Å². The summed E-state index contributed by atoms with van der Waals surface area (Å²) in [6, 6.07) is 19.1. The number of hydrogen-bond donors (Lipinski definition) is 2. The van der Waals surface area contributed by atoms with Gasteiger partial charge < -0.3 is 15.2 Å². The highest BCUT2D eigenvalue weighted by Crippen LogP contribution is 2.29. The van der Waals surface area contributed by atoms with Gasteiger partial charge in [-0.2, -0.15) is 13.2 Å². The molecule has 0 fully saturated rings. The number of hydrogen-bond acceptors (Lipinski definition) is 1. The Morgan fingerprint density at radius 3 is 2.36 bits per heavy atom. The highest BCUT2D eigenvalue weighted by molar-refractivity contribution is 6.30. The van der Waals surface area contributed by atoms with E-state index in [9.17, 15) is 18.0 Å². The number of carbonyl (C=O) groups is 1. The van der Waals surface area contributed by atoms with Crippen LogP contribution in [-0.2, 0) is 19.1 Å². The van der Waals surface area contributed by atoms with E-state index in [1.807, 2.05) is 30.5 Å². The van der Waals surface area contributed by atoms with Crippen molar-refractivity contribution >= 4 is 34.2 Å². The second-order valence-electron chi connectivity index (χ2n) is 7.66. The lowest BCUT2D eigenvalue weighted by Gasteiger charge is -2.23. The second-order valence-corrected chi connectivity index (χ2v) is 8.10. The van der Waals surface area contributed by atoms with Crippen molar-refractivity contribution in [1.29, 1.82) is 0 Å². The van der Waals surface area contributed by atoms with Gasteiger partial charge in [-0.05, 0) is 60.0 Å². The monoisotopic (exact) mass is 471 g/mol. The molecule has 0 saturated heterocycles. The van der Waals surface area contributed by atoms with Crippen LogP contribution in [0.1, 0.15) is 16.7 Å². The van der Waals surface area contributed by atoms with Gasteiger partial charge in [0.25, 0.3) is 0 Å². The van der Waals surface area contributed by atoms with Gasteiger partial charge in [0.15, 0.2) is 0 Å². The molecule has 4 nitrogen and oxygen atoms in total. The van der Waals surface area contributed by atoms with Gasteiger partial charge in [-0.25, -0.2) is 4.79 Å². The Morgan fingerprint density at radius 2 is 1.67 bits per heavy atom. The van der Waals surface area contributed by atoms with Gasteiger partial charge in [0.2, 0.25) is 0 Å². The molecule has 8 heteroatoms. The number of benzene rings is 3. The van der Waals surface area contributed by atoms with Gasteiger partial charge in [-0.1, -0.05) is 41.9 Å². The predicted molar refractivity (Wildman–Crippen MR) is 124 cm³/mol. The number of para-hydroxylation sites is 1. The lowest BCUT2D eigenvalue weighted by atomic mass is 10.1. The van der Waals surface area contributed by atoms with Crippen molar-refractivity contribution in [3.05, 3.63) is 101 Å². The Labute approximate surface area is 194 Å². The molecule has 1 aromatic heterocycles. The average molecular weight is 472 g/mol. The van der Waals surface area contributed by atoms with Gasteiger partial charge >= 0.3 is 12.2 Å². The fourth-order valence-corrected chi connectivity index (χ4v) is 3.73. The van der Waals surface area contributed by atoms with Gasteiger partial charge in [0.1, 0.15) is 0 Å². The van der Waals surface area contributed by atoms with Crippen molar-refractivity contribution in [3.8, 4) is 0 Å². The number of anilines is 1. The van der Waals surface area contributed by atoms with Crippen LogP contribution >= 0.6 is 11.6 Å². The van der Waals surface area contributed by atoms with E-state index in [-0.39, 0.29) is 12.6 Å². The van der Waals surface area contributed by atoms with E-state index < -0.39 is 11.7 Å². The Kier molecular flexibility index (Phi) is 6.60. The second kappa shape index (κ2) is 9.58. The Hall–Kier alpha value is -3.45. The summed E-state index contributed by atoms with van der Waals surface area (Å²) in [5.74, 6) is 0. The maximum Gasteiger partial charge on any atom is 0.416 e. The minimum absolute atomic E-state index is 0.167. The SMILES string of the molecule is O=C(Nc1ccc(Cl)cc1)N(CCc1c[nH]c2ccccc12)Cc1ccc(C(F)(F)F)cc1. The summed E-state index contributed by atoms with van der Waals surface area (Å²) in [7, 11) is 0. The molecule has 0 aliphatic heterocycles. The molecule has 0 atom stereocenters. The summed E-state index contributed by atoms with van der Waals surface area (Å²) >= 11 is 5.91. The van der Waals surface area contributed by atoms with Crippen molar-refractivity contribution in [2.75, 3.05) is 11.9 Å². The van der Waals surface area contributed by atoms with Crippen molar-refractivity contribution in [3.63, 3.8) is 0 Å². The highest BCUT2D eigenvalue weighted by Gasteiger charge is 2.30. The number of H-pyrrole nitrogens is 1. The number of alkyl halides is 3. The Bertz CT molecular complexity index is 1230. The molecule has 0 aliphatic rings. The molecule has 0 spiro atoms. The largest absolute Gasteiger partial charge is 0.416 e. The quantitative estimate of drug-likeness (QED) is 0.309. The first kappa shape index (κ1) is 22.7. The van der Waals surface area contributed by atoms with E-state index in [2.05, 4.69) is 10.3 Å². The summed E-state index contributed by atoms with van der Waals surface area (Å²) in [5.41, 5.74) is 2.53. The average Bonchev–Trinajstić information content (AvgIpc) is 3.21. The summed E-state index contributed by atoms with van der Waals surface area (Å²) < 4.78 is 38.7. The van der Waals surface area contributed by atoms with Crippen LogP contribution in [0.25, 0.3) is 10.9 Å². The molecule has 2 amide bonds. The number of fused-ring (bicyclic) bond motifs is 1. The van der Waals surface area contributed by atoms with Crippen LogP contribution in [0.15, 0.2) is 79.0 Å². The molecule has 1 heterocycles. The first-order valence-electron chi connectivity index (χ1n) is 10.3. The van der Waals surface area contributed by atoms with Gasteiger partial charge in [-0.3, -0.25) is 0 Å². The highest BCUT2D eigenvalue weighted by atomic mass is 35.5. The number of rotatable bonds is 6. The minimum atomic E-state index is -4.40. The maximum atomic E-state index is 13.0. The fraction of sp³-hybridized carbons (Fsp3) is 0.160. The van der Waals surface area contributed by atoms with Crippen LogP contribution in [0.5, 0.6) is 0 Å². The number of aromatic nitrogens is 1. The van der Waals surface area contributed by atoms with Crippen LogP contribution in [0.4, 0.5) is 23.7 Å². The Balaban J connectivity index is 1.52. The molecular weight excluding hydrogens is 451 g/mol. The van der Waals surface area contributed by atoms with Crippen LogP contribution in [0, 0.1) is 0 Å². The molecule has 4 rings (SSSR count). The summed E-state index contributed by atoms with van der Waals surface area (Å²) in [4.78, 5) is 17.8. The van der Waals surface area contributed by atoms with E-state index in [1.54, 1.807) is 29.2 Å². The standard InChI is InChI=1S/C25H21ClF3N3O/c26-20-9-11-21(12-10-20)31-24(33)32(16-17-5-7-19(8-6-17)25(27,28)29)14-13-18-15-30-23-4-2-1-3-22(18)23/h1-12,15,30H,13-14,16H2,(H,31,33). The summed E-state index contributed by atoms with van der Waals surface area (Å²) in [6.07, 6.45) is -1.91. The number of amides is 2. The van der Waals surface area contributed by atoms with E-state index in [0.29, 0.717) is 29.2 Å². The molecule has 4 aromatic rings. The molecule has 0 radical (unpaired) electrons. The van der Waals surface area contributed by atoms with E-state index in [1.165, 1.54) is 12.1 Å². The maximum absolute atomic E-state index is 13.0. The molecule has 3 aromatic carbocycles. The predicted octanol–water partition coefficient (Wildman–Crippen LogP) is 7.12. The number of carbonyl (C=O) groups excluding carboxylic acids is 1. The zero-order valence-corrected chi connectivity index (χ0v) is 18.3. The topological polar surface area (TPSA) is 48.1 Å². The summed E-state index contributed by atoms with van der Waals surface area (Å²) in [5, 5.41) is 4.46. The van der Waals surface area contributed by atoms with Crippen molar-refractivity contribution in [2.24, 2.45) is 0 Å². The number of nitrogens with zero attached hydrogens (tertiary/aromatic N) is 1. The van der Waals surface area contributed by atoms with Gasteiger partial charge in [0, 0.05) is 40.9 Å². The summed E-state index contributed by atoms with van der Waals surface area (Å²) in [6.45, 7) is 0.544. The normalized spacial score (nSPS) is 11.5. The molecule has 170 valence electrons. The fourth-order valence-electron chi connectivity index (χ4n) is 3.60. The zero-order valence-electron chi connectivity index (χ0n) is 17.5. The minimum Gasteiger partial charge on any atom is -0.361 e. The van der Waals surface area contributed by atoms with Crippen LogP contribution in [0.2, 0.25) is 5.02 Å². The van der Waals surface area contributed by atoms with Crippen molar-refractivity contribution in [1.82, 2.24) is 9.88 Å². The molecule has 0 saturated carbocycles.